The van der Waals surface area contributed by atoms with Crippen molar-refractivity contribution in [2.75, 3.05) is 20.7 Å². The van der Waals surface area contributed by atoms with E-state index >= 15 is 0 Å². The van der Waals surface area contributed by atoms with Gasteiger partial charge in [-0.3, -0.25) is 9.69 Å². The van der Waals surface area contributed by atoms with Crippen molar-refractivity contribution in [1.29, 1.82) is 0 Å². The van der Waals surface area contributed by atoms with Gasteiger partial charge in [0.05, 0.1) is 13.7 Å². The number of carbonyl (C=O) groups excluding carboxylic acids is 1. The number of carbonyl (C=O) groups is 1. The molecule has 2 unspecified atom stereocenters. The lowest BCUT2D eigenvalue weighted by atomic mass is 9.86. The summed E-state index contributed by atoms with van der Waals surface area (Å²) in [7, 11) is 3.69. The molecule has 1 fully saturated rings. The predicted molar refractivity (Wildman–Crippen MR) is 81.4 cm³/mol. The predicted octanol–water partition coefficient (Wildman–Crippen LogP) is 3.39. The average molecular weight is 275 g/mol. The Morgan fingerprint density at radius 1 is 1.40 bits per heavy atom. The minimum absolute atomic E-state index is 0.171. The fourth-order valence-corrected chi connectivity index (χ4v) is 3.05. The summed E-state index contributed by atoms with van der Waals surface area (Å²) in [6.45, 7) is 2.80. The molecule has 0 radical (unpaired) electrons. The number of hydrogen-bond donors (Lipinski definition) is 0. The van der Waals surface area contributed by atoms with Crippen LogP contribution in [0.25, 0.3) is 0 Å². The van der Waals surface area contributed by atoms with Crippen molar-refractivity contribution in [3.05, 3.63) is 29.8 Å². The van der Waals surface area contributed by atoms with E-state index in [-0.39, 0.29) is 5.78 Å². The van der Waals surface area contributed by atoms with Gasteiger partial charge >= 0.3 is 0 Å². The Balaban J connectivity index is 1.96. The average Bonchev–Trinajstić information content (AvgIpc) is 2.47. The minimum atomic E-state index is 0.171. The van der Waals surface area contributed by atoms with E-state index in [9.17, 15) is 4.79 Å². The van der Waals surface area contributed by atoms with Crippen LogP contribution >= 0.6 is 0 Å². The van der Waals surface area contributed by atoms with Crippen LogP contribution < -0.4 is 4.74 Å². The molecule has 2 rings (SSSR count). The van der Waals surface area contributed by atoms with E-state index in [1.807, 2.05) is 24.3 Å². The van der Waals surface area contributed by atoms with E-state index in [0.717, 1.165) is 17.2 Å². The quantitative estimate of drug-likeness (QED) is 0.771. The Kier molecular flexibility index (Phi) is 5.18. The van der Waals surface area contributed by atoms with Crippen molar-refractivity contribution >= 4 is 5.78 Å². The molecule has 3 heteroatoms. The van der Waals surface area contributed by atoms with Gasteiger partial charge < -0.3 is 4.74 Å². The van der Waals surface area contributed by atoms with Crippen LogP contribution in [0, 0.1) is 5.92 Å². The van der Waals surface area contributed by atoms with Crippen molar-refractivity contribution in [2.45, 2.75) is 38.6 Å². The summed E-state index contributed by atoms with van der Waals surface area (Å²) in [5.41, 5.74) is 0.736. The normalized spacial score (nSPS) is 22.8. The highest BCUT2D eigenvalue weighted by atomic mass is 16.5. The number of Topliss-reactive ketones (excluding diaryl/α,β-unsaturated/α-hetero) is 1. The molecule has 0 amide bonds. The highest BCUT2D eigenvalue weighted by molar-refractivity contribution is 5.97. The molecule has 1 aromatic carbocycles. The molecule has 0 N–H and O–H groups in total. The Hall–Kier alpha value is -1.35. The Labute approximate surface area is 121 Å². The zero-order valence-electron chi connectivity index (χ0n) is 12.8. The van der Waals surface area contributed by atoms with Gasteiger partial charge in [0.1, 0.15) is 5.75 Å². The van der Waals surface area contributed by atoms with Crippen LogP contribution in [0.3, 0.4) is 0 Å². The van der Waals surface area contributed by atoms with Crippen LogP contribution in [0.5, 0.6) is 5.75 Å². The third-order valence-corrected chi connectivity index (χ3v) is 4.32. The topological polar surface area (TPSA) is 29.5 Å². The highest BCUT2D eigenvalue weighted by Crippen LogP contribution is 2.26. The summed E-state index contributed by atoms with van der Waals surface area (Å²) >= 11 is 0. The zero-order chi connectivity index (χ0) is 14.5. The van der Waals surface area contributed by atoms with Crippen LogP contribution in [-0.4, -0.2) is 37.4 Å². The minimum Gasteiger partial charge on any atom is -0.497 e. The first-order chi connectivity index (χ1) is 9.60. The van der Waals surface area contributed by atoms with E-state index < -0.39 is 0 Å². The van der Waals surface area contributed by atoms with Gasteiger partial charge in [0.2, 0.25) is 0 Å². The molecular weight excluding hydrogens is 250 g/mol. The summed E-state index contributed by atoms with van der Waals surface area (Å²) in [6, 6.07) is 7.97. The zero-order valence-corrected chi connectivity index (χ0v) is 12.8. The molecule has 2 atom stereocenters. The van der Waals surface area contributed by atoms with Crippen molar-refractivity contribution < 1.29 is 9.53 Å². The first kappa shape index (κ1) is 15.0. The van der Waals surface area contributed by atoms with E-state index in [4.69, 9.17) is 4.74 Å². The van der Waals surface area contributed by atoms with Crippen LogP contribution in [0.2, 0.25) is 0 Å². The molecule has 20 heavy (non-hydrogen) atoms. The summed E-state index contributed by atoms with van der Waals surface area (Å²) in [6.07, 6.45) is 5.03. The maximum atomic E-state index is 12.4. The molecular formula is C17H25NO2. The van der Waals surface area contributed by atoms with E-state index in [1.54, 1.807) is 7.11 Å². The van der Waals surface area contributed by atoms with Crippen LogP contribution in [0.15, 0.2) is 24.3 Å². The van der Waals surface area contributed by atoms with Crippen molar-refractivity contribution in [1.82, 2.24) is 4.90 Å². The molecule has 0 saturated heterocycles. The van der Waals surface area contributed by atoms with Gasteiger partial charge in [-0.05, 0) is 37.9 Å². The largest absolute Gasteiger partial charge is 0.497 e. The maximum Gasteiger partial charge on any atom is 0.176 e. The standard InChI is InChI=1S/C17H25NO2/c1-13-6-4-8-15(10-13)18(2)12-17(19)14-7-5-9-16(11-14)20-3/h5,7,9,11,13,15H,4,6,8,10,12H2,1-3H3. The fourth-order valence-electron chi connectivity index (χ4n) is 3.05. The monoisotopic (exact) mass is 275 g/mol. The van der Waals surface area contributed by atoms with Gasteiger partial charge in [-0.1, -0.05) is 31.9 Å². The number of nitrogens with zero attached hydrogens (tertiary/aromatic N) is 1. The number of benzene rings is 1. The molecule has 0 spiro atoms. The highest BCUT2D eigenvalue weighted by Gasteiger charge is 2.23. The van der Waals surface area contributed by atoms with Gasteiger partial charge in [0.25, 0.3) is 0 Å². The number of likely N-dealkylation sites (N-methyl/N-ethyl adjacent to an activating group) is 1. The maximum absolute atomic E-state index is 12.4. The number of ether oxygens (including phenoxy) is 1. The number of methoxy groups -OCH3 is 1. The van der Waals surface area contributed by atoms with Gasteiger partial charge in [-0.2, -0.15) is 0 Å². The number of hydrogen-bond acceptors (Lipinski definition) is 3. The molecule has 1 aliphatic rings. The SMILES string of the molecule is COc1cccc(C(=O)CN(C)C2CCCC(C)C2)c1. The van der Waals surface area contributed by atoms with Gasteiger partial charge in [0, 0.05) is 11.6 Å². The lowest BCUT2D eigenvalue weighted by Gasteiger charge is -2.33. The molecule has 1 saturated carbocycles. The van der Waals surface area contributed by atoms with Crippen LogP contribution in [0.1, 0.15) is 43.0 Å². The van der Waals surface area contributed by atoms with Gasteiger partial charge in [-0.25, -0.2) is 0 Å². The first-order valence-corrected chi connectivity index (χ1v) is 7.47. The van der Waals surface area contributed by atoms with E-state index in [2.05, 4.69) is 18.9 Å². The second-order valence-corrected chi connectivity index (χ2v) is 6.00. The van der Waals surface area contributed by atoms with Crippen molar-refractivity contribution in [3.63, 3.8) is 0 Å². The smallest absolute Gasteiger partial charge is 0.176 e. The summed E-state index contributed by atoms with van der Waals surface area (Å²) in [5.74, 6) is 1.69. The Morgan fingerprint density at radius 3 is 2.90 bits per heavy atom. The summed E-state index contributed by atoms with van der Waals surface area (Å²) in [4.78, 5) is 14.6. The Morgan fingerprint density at radius 2 is 2.20 bits per heavy atom. The molecule has 3 nitrogen and oxygen atoms in total. The molecule has 0 heterocycles. The van der Waals surface area contributed by atoms with Crippen molar-refractivity contribution in [2.24, 2.45) is 5.92 Å². The second kappa shape index (κ2) is 6.89. The molecule has 0 aliphatic heterocycles. The van der Waals surface area contributed by atoms with Crippen molar-refractivity contribution in [3.8, 4) is 5.75 Å². The third-order valence-electron chi connectivity index (χ3n) is 4.32. The molecule has 110 valence electrons. The third kappa shape index (κ3) is 3.83. The van der Waals surface area contributed by atoms with E-state index in [0.29, 0.717) is 12.6 Å². The second-order valence-electron chi connectivity index (χ2n) is 6.00. The first-order valence-electron chi connectivity index (χ1n) is 7.47. The van der Waals surface area contributed by atoms with Gasteiger partial charge in [0.15, 0.2) is 5.78 Å². The summed E-state index contributed by atoms with van der Waals surface area (Å²) in [5, 5.41) is 0. The fraction of sp³-hybridized carbons (Fsp3) is 0.588. The van der Waals surface area contributed by atoms with Gasteiger partial charge in [-0.15, -0.1) is 0 Å². The molecule has 1 aliphatic carbocycles. The lowest BCUT2D eigenvalue weighted by molar-refractivity contribution is 0.0882. The Bertz CT molecular complexity index is 458. The summed E-state index contributed by atoms with van der Waals surface area (Å²) < 4.78 is 5.17. The molecule has 0 bridgehead atoms. The molecule has 0 aromatic heterocycles. The van der Waals surface area contributed by atoms with Crippen LogP contribution in [0.4, 0.5) is 0 Å². The van der Waals surface area contributed by atoms with Crippen LogP contribution in [-0.2, 0) is 0 Å². The molecule has 1 aromatic rings. The van der Waals surface area contributed by atoms with E-state index in [1.165, 1.54) is 25.7 Å². The lowest BCUT2D eigenvalue weighted by Crippen LogP contribution is -2.38. The number of ketones is 1. The number of rotatable bonds is 5.